The van der Waals surface area contributed by atoms with Crippen LogP contribution in [-0.2, 0) is 26.4 Å². The molecule has 0 amide bonds. The van der Waals surface area contributed by atoms with Crippen LogP contribution in [-0.4, -0.2) is 61.3 Å². The molecule has 0 spiro atoms. The van der Waals surface area contributed by atoms with Crippen molar-refractivity contribution in [2.45, 2.75) is 28.5 Å². The van der Waals surface area contributed by atoms with Crippen molar-refractivity contribution in [2.24, 2.45) is 5.73 Å². The van der Waals surface area contributed by atoms with Crippen molar-refractivity contribution in [2.75, 3.05) is 19.4 Å². The van der Waals surface area contributed by atoms with Crippen LogP contribution in [0.2, 0.25) is 0 Å². The van der Waals surface area contributed by atoms with Crippen molar-refractivity contribution in [3.63, 3.8) is 0 Å². The number of H-pyrrole nitrogens is 1. The van der Waals surface area contributed by atoms with Gasteiger partial charge in [-0.15, -0.1) is 10.2 Å². The van der Waals surface area contributed by atoms with Crippen LogP contribution in [0.15, 0.2) is 64.4 Å². The second kappa shape index (κ2) is 11.1. The second-order valence-electron chi connectivity index (χ2n) is 9.02. The normalized spacial score (nSPS) is 13.0. The summed E-state index contributed by atoms with van der Waals surface area (Å²) in [6.07, 6.45) is 0. The molecule has 0 radical (unpaired) electrons. The average Bonchev–Trinajstić information content (AvgIpc) is 3.64. The van der Waals surface area contributed by atoms with Crippen LogP contribution in [0.4, 0.5) is 5.13 Å². The molecule has 0 unspecified atom stereocenters. The molecule has 41 heavy (non-hydrogen) atoms. The molecule has 13 nitrogen and oxygen atoms in total. The van der Waals surface area contributed by atoms with Crippen molar-refractivity contribution in [3.05, 3.63) is 60.2 Å². The zero-order valence-corrected chi connectivity index (χ0v) is 24.3. The molecular formula is C25H26N8O5S3. The molecular weight excluding hydrogens is 589 g/mol. The Morgan fingerprint density at radius 2 is 1.80 bits per heavy atom. The Balaban J connectivity index is 1.79. The first-order chi connectivity index (χ1) is 19.6. The second-order valence-corrected chi connectivity index (χ2v) is 14.1. The molecule has 6 N–H and O–H groups in total. The van der Waals surface area contributed by atoms with Gasteiger partial charge in [-0.25, -0.2) is 26.5 Å². The largest absolute Gasteiger partial charge is 0.497 e. The highest BCUT2D eigenvalue weighted by Gasteiger charge is 2.36. The van der Waals surface area contributed by atoms with Crippen molar-refractivity contribution in [1.82, 2.24) is 30.3 Å². The number of para-hydroxylation sites is 1. The maximum absolute atomic E-state index is 14.1. The van der Waals surface area contributed by atoms with Crippen LogP contribution >= 0.6 is 11.3 Å². The number of fused-ring (bicyclic) bond motifs is 1. The number of tetrazole rings is 1. The minimum atomic E-state index is -4.53. The number of methoxy groups -OCH3 is 1. The predicted octanol–water partition coefficient (Wildman–Crippen LogP) is 2.33. The fourth-order valence-corrected chi connectivity index (χ4v) is 8.34. The van der Waals surface area contributed by atoms with Crippen LogP contribution in [0.5, 0.6) is 5.75 Å². The summed E-state index contributed by atoms with van der Waals surface area (Å²) >= 11 is 1.26. The maximum Gasteiger partial charge on any atom is 0.242 e. The molecule has 1 atom stereocenters. The highest BCUT2D eigenvalue weighted by molar-refractivity contribution is 7.94. The number of nitrogen functional groups attached to an aromatic ring is 1. The Kier molecular flexibility index (Phi) is 7.76. The fourth-order valence-electron chi connectivity index (χ4n) is 4.29. The lowest BCUT2D eigenvalue weighted by Gasteiger charge is -2.20. The number of aromatic nitrogens is 5. The van der Waals surface area contributed by atoms with Gasteiger partial charge in [0, 0.05) is 18.7 Å². The number of ether oxygens (including phenoxy) is 1. The fraction of sp³-hybridized carbons (Fsp3) is 0.200. The SMILES string of the molecule is COc1ccc(CNS(=O)(=O)c2c(S(=O)(=O)[C@@H](C)CN)ccc(-c3cccc4sc(N)nc34)c2-c2nn[nH]n2)cc1. The first-order valence-corrected chi connectivity index (χ1v) is 16.0. The van der Waals surface area contributed by atoms with E-state index in [-0.39, 0.29) is 24.5 Å². The van der Waals surface area contributed by atoms with Gasteiger partial charge in [-0.05, 0) is 47.5 Å². The van der Waals surface area contributed by atoms with Crippen LogP contribution < -0.4 is 20.9 Å². The first kappa shape index (κ1) is 28.6. The molecule has 0 bridgehead atoms. The molecule has 0 aliphatic carbocycles. The Labute approximate surface area is 239 Å². The molecule has 0 aliphatic heterocycles. The Hall–Kier alpha value is -3.96. The summed E-state index contributed by atoms with van der Waals surface area (Å²) in [5, 5.41) is 13.3. The highest BCUT2D eigenvalue weighted by atomic mass is 32.2. The Morgan fingerprint density at radius 1 is 1.05 bits per heavy atom. The van der Waals surface area contributed by atoms with E-state index >= 15 is 0 Å². The van der Waals surface area contributed by atoms with E-state index in [2.05, 4.69) is 30.3 Å². The highest BCUT2D eigenvalue weighted by Crippen LogP contribution is 2.42. The van der Waals surface area contributed by atoms with Gasteiger partial charge < -0.3 is 16.2 Å². The molecule has 2 aromatic heterocycles. The van der Waals surface area contributed by atoms with E-state index in [0.717, 1.165) is 4.70 Å². The molecule has 0 fully saturated rings. The van der Waals surface area contributed by atoms with Gasteiger partial charge in [0.05, 0.1) is 33.0 Å². The third kappa shape index (κ3) is 5.39. The van der Waals surface area contributed by atoms with Gasteiger partial charge in [-0.3, -0.25) is 0 Å². The zero-order chi connectivity index (χ0) is 29.4. The molecule has 2 heterocycles. The molecule has 214 valence electrons. The van der Waals surface area contributed by atoms with Gasteiger partial charge in [0.1, 0.15) is 10.6 Å². The van der Waals surface area contributed by atoms with Crippen molar-refractivity contribution >= 4 is 46.5 Å². The Morgan fingerprint density at radius 3 is 2.46 bits per heavy atom. The van der Waals surface area contributed by atoms with E-state index in [1.807, 2.05) is 6.07 Å². The third-order valence-corrected chi connectivity index (χ3v) is 11.1. The number of anilines is 1. The molecule has 0 saturated carbocycles. The zero-order valence-electron chi connectivity index (χ0n) is 21.9. The number of hydrogen-bond donors (Lipinski definition) is 4. The standard InChI is InChI=1S/C25H26N8O5S3/c1-14(12-26)40(34,35)20-11-10-17(18-4-3-5-19-22(18)29-25(27)39-19)21(24-30-32-33-31-24)23(20)41(36,37)28-13-15-6-8-16(38-2)9-7-15/h3-11,14,28H,12-13,26H2,1-2H3,(H2,27,29)(H,30,31,32,33)/t14-/m0/s1. The predicted molar refractivity (Wildman–Crippen MR) is 155 cm³/mol. The molecule has 0 saturated heterocycles. The lowest BCUT2D eigenvalue weighted by Crippen LogP contribution is -2.31. The van der Waals surface area contributed by atoms with Gasteiger partial charge >= 0.3 is 0 Å². The molecule has 3 aromatic carbocycles. The van der Waals surface area contributed by atoms with E-state index in [0.29, 0.717) is 33.1 Å². The summed E-state index contributed by atoms with van der Waals surface area (Å²) < 4.78 is 64.1. The first-order valence-electron chi connectivity index (χ1n) is 12.2. The van der Waals surface area contributed by atoms with Crippen molar-refractivity contribution < 1.29 is 21.6 Å². The van der Waals surface area contributed by atoms with Crippen LogP contribution in [0, 0.1) is 0 Å². The minimum Gasteiger partial charge on any atom is -0.497 e. The Bertz CT molecular complexity index is 1920. The number of rotatable bonds is 10. The van der Waals surface area contributed by atoms with Crippen molar-refractivity contribution in [3.8, 4) is 28.3 Å². The summed E-state index contributed by atoms with van der Waals surface area (Å²) in [5.74, 6) is 0.479. The van der Waals surface area contributed by atoms with E-state index < -0.39 is 34.9 Å². The number of aromatic amines is 1. The summed E-state index contributed by atoms with van der Waals surface area (Å²) in [5.41, 5.74) is 13.6. The number of nitrogens with zero attached hydrogens (tertiary/aromatic N) is 4. The quantitative estimate of drug-likeness (QED) is 0.179. The monoisotopic (exact) mass is 614 g/mol. The van der Waals surface area contributed by atoms with E-state index in [1.54, 1.807) is 36.4 Å². The molecule has 16 heteroatoms. The molecule has 5 rings (SSSR count). The number of thiazole rings is 1. The number of sulfone groups is 1. The lowest BCUT2D eigenvalue weighted by atomic mass is 9.98. The topological polar surface area (TPSA) is 209 Å². The van der Waals surface area contributed by atoms with Gasteiger partial charge in [0.25, 0.3) is 0 Å². The average molecular weight is 615 g/mol. The number of nitrogens with one attached hydrogen (secondary N) is 2. The van der Waals surface area contributed by atoms with Gasteiger partial charge in [-0.2, -0.15) is 5.21 Å². The van der Waals surface area contributed by atoms with E-state index in [9.17, 15) is 16.8 Å². The molecule has 0 aliphatic rings. The summed E-state index contributed by atoms with van der Waals surface area (Å²) in [6.45, 7) is 1.06. The van der Waals surface area contributed by atoms with Crippen LogP contribution in [0.3, 0.4) is 0 Å². The van der Waals surface area contributed by atoms with Crippen LogP contribution in [0.25, 0.3) is 32.7 Å². The third-order valence-electron chi connectivity index (χ3n) is 6.48. The maximum atomic E-state index is 14.1. The summed E-state index contributed by atoms with van der Waals surface area (Å²) in [4.78, 5) is 3.47. The van der Waals surface area contributed by atoms with Gasteiger partial charge in [0.15, 0.2) is 15.0 Å². The van der Waals surface area contributed by atoms with Gasteiger partial charge in [-0.1, -0.05) is 41.7 Å². The number of hydrogen-bond acceptors (Lipinski definition) is 12. The summed E-state index contributed by atoms with van der Waals surface area (Å²) in [7, 11) is -7.23. The van der Waals surface area contributed by atoms with Crippen molar-refractivity contribution in [1.29, 1.82) is 0 Å². The smallest absolute Gasteiger partial charge is 0.242 e. The number of sulfonamides is 1. The van der Waals surface area contributed by atoms with E-state index in [1.165, 1.54) is 37.5 Å². The summed E-state index contributed by atoms with van der Waals surface area (Å²) in [6, 6.07) is 14.9. The van der Waals surface area contributed by atoms with E-state index in [4.69, 9.17) is 16.2 Å². The van der Waals surface area contributed by atoms with Crippen LogP contribution in [0.1, 0.15) is 12.5 Å². The molecule has 5 aromatic rings. The number of benzene rings is 3. The number of nitrogens with two attached hydrogens (primary N) is 2. The van der Waals surface area contributed by atoms with Gasteiger partial charge in [0.2, 0.25) is 15.8 Å². The minimum absolute atomic E-state index is 0.0645. The lowest BCUT2D eigenvalue weighted by molar-refractivity contribution is 0.414.